The summed E-state index contributed by atoms with van der Waals surface area (Å²) in [6.45, 7) is 4.65. The van der Waals surface area contributed by atoms with Crippen molar-refractivity contribution in [3.8, 4) is 0 Å². The minimum atomic E-state index is -0.665. The van der Waals surface area contributed by atoms with Crippen LogP contribution in [0.4, 0.5) is 0 Å². The van der Waals surface area contributed by atoms with Gasteiger partial charge in [0.05, 0.1) is 12.3 Å². The van der Waals surface area contributed by atoms with E-state index in [1.807, 2.05) is 32.0 Å². The summed E-state index contributed by atoms with van der Waals surface area (Å²) in [6, 6.07) is 5.83. The van der Waals surface area contributed by atoms with Crippen molar-refractivity contribution in [2.24, 2.45) is 5.92 Å². The van der Waals surface area contributed by atoms with Gasteiger partial charge in [0.2, 0.25) is 0 Å². The van der Waals surface area contributed by atoms with E-state index in [1.165, 1.54) is 11.3 Å². The van der Waals surface area contributed by atoms with Crippen LogP contribution in [0.3, 0.4) is 0 Å². The molecule has 1 aromatic heterocycles. The molecule has 0 radical (unpaired) electrons. The molecule has 1 heterocycles. The fraction of sp³-hybridized carbons (Fsp3) is 0.500. The van der Waals surface area contributed by atoms with Crippen LogP contribution in [0.5, 0.6) is 0 Å². The van der Waals surface area contributed by atoms with Gasteiger partial charge in [-0.1, -0.05) is 18.2 Å². The number of thiazole rings is 1. The van der Waals surface area contributed by atoms with Crippen LogP contribution in [0.15, 0.2) is 18.2 Å². The molecule has 2 aromatic rings. The van der Waals surface area contributed by atoms with Gasteiger partial charge < -0.3 is 10.1 Å². The van der Waals surface area contributed by atoms with Crippen molar-refractivity contribution >= 4 is 28.8 Å². The molecule has 2 aliphatic carbocycles. The fourth-order valence-corrected chi connectivity index (χ4v) is 5.52. The molecule has 0 bridgehead atoms. The average Bonchev–Trinajstić information content (AvgIpc) is 3.43. The molecule has 2 fully saturated rings. The molecule has 1 amide bonds. The van der Waals surface area contributed by atoms with E-state index in [1.54, 1.807) is 7.11 Å². The molecule has 0 saturated heterocycles. The number of aromatic nitrogens is 1. The molecule has 2 unspecified atom stereocenters. The Morgan fingerprint density at radius 2 is 1.94 bits per heavy atom. The standard InChI is InChI=1S/C24H28N2O4S/c1-13-5-4-6-14(2)19(13)20-17(27)11-16(22(20)28)9-10-25-24(29)23-21(15-7-8-15)26-18(31-23)12-30-3/h4-6,15-16,20H,7-12H2,1-3H3,(H,25,29). The van der Waals surface area contributed by atoms with E-state index in [2.05, 4.69) is 10.3 Å². The summed E-state index contributed by atoms with van der Waals surface area (Å²) in [6.07, 6.45) is 2.85. The van der Waals surface area contributed by atoms with Gasteiger partial charge >= 0.3 is 0 Å². The molecule has 164 valence electrons. The van der Waals surface area contributed by atoms with Crippen LogP contribution in [0, 0.1) is 19.8 Å². The van der Waals surface area contributed by atoms with Crippen molar-refractivity contribution in [2.45, 2.75) is 58.0 Å². The first-order valence-electron chi connectivity index (χ1n) is 10.8. The Bertz CT molecular complexity index is 1000. The summed E-state index contributed by atoms with van der Waals surface area (Å²) < 4.78 is 5.16. The zero-order chi connectivity index (χ0) is 22.1. The Morgan fingerprint density at radius 3 is 2.58 bits per heavy atom. The number of amides is 1. The number of aryl methyl sites for hydroxylation is 2. The Morgan fingerprint density at radius 1 is 1.23 bits per heavy atom. The minimum absolute atomic E-state index is 0.0126. The Balaban J connectivity index is 1.39. The zero-order valence-electron chi connectivity index (χ0n) is 18.2. The van der Waals surface area contributed by atoms with Crippen molar-refractivity contribution in [1.82, 2.24) is 10.3 Å². The van der Waals surface area contributed by atoms with E-state index in [9.17, 15) is 14.4 Å². The highest BCUT2D eigenvalue weighted by molar-refractivity contribution is 7.13. The second-order valence-corrected chi connectivity index (χ2v) is 9.67. The van der Waals surface area contributed by atoms with Crippen molar-refractivity contribution in [3.05, 3.63) is 50.5 Å². The minimum Gasteiger partial charge on any atom is -0.378 e. The number of hydrogen-bond acceptors (Lipinski definition) is 6. The summed E-state index contributed by atoms with van der Waals surface area (Å²) in [4.78, 5) is 43.7. The molecule has 7 heteroatoms. The van der Waals surface area contributed by atoms with Crippen molar-refractivity contribution in [3.63, 3.8) is 0 Å². The number of methoxy groups -OCH3 is 1. The van der Waals surface area contributed by atoms with Gasteiger partial charge in [0.25, 0.3) is 5.91 Å². The molecule has 2 aliphatic rings. The number of nitrogens with zero attached hydrogens (tertiary/aromatic N) is 1. The molecule has 0 spiro atoms. The smallest absolute Gasteiger partial charge is 0.263 e. The molecule has 1 aromatic carbocycles. The van der Waals surface area contributed by atoms with Gasteiger partial charge in [-0.25, -0.2) is 4.98 Å². The molecule has 0 aliphatic heterocycles. The lowest BCUT2D eigenvalue weighted by Gasteiger charge is -2.15. The first-order valence-corrected chi connectivity index (χ1v) is 11.6. The Labute approximate surface area is 186 Å². The van der Waals surface area contributed by atoms with Crippen molar-refractivity contribution < 1.29 is 19.1 Å². The summed E-state index contributed by atoms with van der Waals surface area (Å²) in [5, 5.41) is 3.75. The van der Waals surface area contributed by atoms with Gasteiger partial charge in [0.1, 0.15) is 21.6 Å². The highest BCUT2D eigenvalue weighted by Crippen LogP contribution is 2.43. The number of ketones is 2. The van der Waals surface area contributed by atoms with E-state index in [0.717, 1.165) is 40.2 Å². The quantitative estimate of drug-likeness (QED) is 0.630. The summed E-state index contributed by atoms with van der Waals surface area (Å²) in [5.41, 5.74) is 3.68. The van der Waals surface area contributed by atoms with Gasteiger partial charge in [-0.05, 0) is 49.8 Å². The number of rotatable bonds is 8. The third-order valence-corrected chi connectivity index (χ3v) is 7.24. The van der Waals surface area contributed by atoms with Gasteiger partial charge in [-0.15, -0.1) is 11.3 Å². The van der Waals surface area contributed by atoms with E-state index >= 15 is 0 Å². The van der Waals surface area contributed by atoms with Crippen LogP contribution in [0.25, 0.3) is 0 Å². The molecule has 2 saturated carbocycles. The predicted molar refractivity (Wildman–Crippen MR) is 119 cm³/mol. The fourth-order valence-electron chi connectivity index (χ4n) is 4.49. The van der Waals surface area contributed by atoms with Crippen molar-refractivity contribution in [1.29, 1.82) is 0 Å². The van der Waals surface area contributed by atoms with Crippen LogP contribution >= 0.6 is 11.3 Å². The molecular weight excluding hydrogens is 412 g/mol. The first kappa shape index (κ1) is 21.8. The predicted octanol–water partition coefficient (Wildman–Crippen LogP) is 3.85. The first-order chi connectivity index (χ1) is 14.9. The van der Waals surface area contributed by atoms with Gasteiger partial charge in [0, 0.05) is 31.9 Å². The SMILES string of the molecule is COCc1nc(C2CC2)c(C(=O)NCCC2CC(=O)C(c3c(C)cccc3C)C2=O)s1. The van der Waals surface area contributed by atoms with E-state index < -0.39 is 5.92 Å². The Hall–Kier alpha value is -2.38. The number of nitrogens with one attached hydrogen (secondary N) is 1. The van der Waals surface area contributed by atoms with Gasteiger partial charge in [-0.3, -0.25) is 14.4 Å². The maximum absolute atomic E-state index is 13.0. The monoisotopic (exact) mass is 440 g/mol. The third-order valence-electron chi connectivity index (χ3n) is 6.20. The second kappa shape index (κ2) is 9.01. The molecular formula is C24H28N2O4S. The second-order valence-electron chi connectivity index (χ2n) is 8.58. The number of carbonyl (C=O) groups excluding carboxylic acids is 3. The summed E-state index contributed by atoms with van der Waals surface area (Å²) >= 11 is 1.38. The highest BCUT2D eigenvalue weighted by atomic mass is 32.1. The van der Waals surface area contributed by atoms with Crippen molar-refractivity contribution in [2.75, 3.05) is 13.7 Å². The largest absolute Gasteiger partial charge is 0.378 e. The average molecular weight is 441 g/mol. The topological polar surface area (TPSA) is 85.4 Å². The van der Waals surface area contributed by atoms with Gasteiger partial charge in [0.15, 0.2) is 5.78 Å². The number of ether oxygens (including phenoxy) is 1. The molecule has 1 N–H and O–H groups in total. The van der Waals surface area contributed by atoms with Crippen LogP contribution in [-0.4, -0.2) is 36.1 Å². The maximum Gasteiger partial charge on any atom is 0.263 e. The van der Waals surface area contributed by atoms with Gasteiger partial charge in [-0.2, -0.15) is 0 Å². The maximum atomic E-state index is 13.0. The number of hydrogen-bond donors (Lipinski definition) is 1. The number of Topliss-reactive ketones (excluding diaryl/α,β-unsaturated/α-hetero) is 2. The lowest BCUT2D eigenvalue weighted by Crippen LogP contribution is -2.27. The molecule has 4 rings (SSSR count). The third kappa shape index (κ3) is 4.48. The van der Waals surface area contributed by atoms with E-state index in [0.29, 0.717) is 30.4 Å². The summed E-state index contributed by atoms with van der Waals surface area (Å²) in [7, 11) is 1.61. The molecule has 2 atom stereocenters. The molecule has 6 nitrogen and oxygen atoms in total. The van der Waals surface area contributed by atoms with E-state index in [4.69, 9.17) is 4.74 Å². The lowest BCUT2D eigenvalue weighted by atomic mass is 9.87. The number of benzene rings is 1. The molecule has 31 heavy (non-hydrogen) atoms. The van der Waals surface area contributed by atoms with Crippen LogP contribution in [0.2, 0.25) is 0 Å². The Kier molecular flexibility index (Phi) is 6.34. The van der Waals surface area contributed by atoms with E-state index in [-0.39, 0.29) is 29.8 Å². The number of carbonyl (C=O) groups is 3. The van der Waals surface area contributed by atoms with Crippen LogP contribution in [0.1, 0.15) is 74.6 Å². The zero-order valence-corrected chi connectivity index (χ0v) is 19.0. The summed E-state index contributed by atoms with van der Waals surface area (Å²) in [5.74, 6) is -0.817. The van der Waals surface area contributed by atoms with Crippen LogP contribution in [-0.2, 0) is 20.9 Å². The lowest BCUT2D eigenvalue weighted by molar-refractivity contribution is -0.124. The normalized spacial score (nSPS) is 21.0. The van der Waals surface area contributed by atoms with Crippen LogP contribution < -0.4 is 5.32 Å². The highest BCUT2D eigenvalue weighted by Gasteiger charge is 2.42.